The molecule has 68 valence electrons. The van der Waals surface area contributed by atoms with Gasteiger partial charge < -0.3 is 9.84 Å². The van der Waals surface area contributed by atoms with Gasteiger partial charge in [-0.15, -0.1) is 5.10 Å². The monoisotopic (exact) mass is 171 g/mol. The summed E-state index contributed by atoms with van der Waals surface area (Å²) in [5, 5.41) is 16.4. The number of aliphatic hydroxyl groups is 1. The molecular weight excluding hydrogens is 158 g/mol. The Morgan fingerprint density at radius 3 is 2.67 bits per heavy atom. The van der Waals surface area contributed by atoms with Crippen molar-refractivity contribution in [2.45, 2.75) is 27.0 Å². The summed E-state index contributed by atoms with van der Waals surface area (Å²) in [6.45, 7) is 4.99. The Kier molecular flexibility index (Phi) is 3.04. The number of ether oxygens (including phenoxy) is 1. The maximum atomic E-state index is 8.85. The summed E-state index contributed by atoms with van der Waals surface area (Å²) in [5.74, 6) is 0.543. The molecule has 12 heavy (non-hydrogen) atoms. The number of aromatic nitrogens is 3. The van der Waals surface area contributed by atoms with Crippen LogP contribution in [0.1, 0.15) is 19.7 Å². The summed E-state index contributed by atoms with van der Waals surface area (Å²) in [5.41, 5.74) is 0. The second-order valence-corrected chi connectivity index (χ2v) is 2.23. The predicted molar refractivity (Wildman–Crippen MR) is 42.8 cm³/mol. The molecule has 0 amide bonds. The van der Waals surface area contributed by atoms with Crippen LogP contribution < -0.4 is 4.74 Å². The Morgan fingerprint density at radius 2 is 2.17 bits per heavy atom. The van der Waals surface area contributed by atoms with E-state index in [1.54, 1.807) is 4.57 Å². The third-order valence-corrected chi connectivity index (χ3v) is 1.52. The smallest absolute Gasteiger partial charge is 0.317 e. The van der Waals surface area contributed by atoms with Crippen LogP contribution in [0.25, 0.3) is 0 Å². The molecule has 0 radical (unpaired) electrons. The minimum atomic E-state index is -0.103. The average molecular weight is 171 g/mol. The topological polar surface area (TPSA) is 60.2 Å². The molecule has 5 nitrogen and oxygen atoms in total. The number of rotatable bonds is 4. The molecule has 0 aliphatic rings. The number of hydrogen-bond acceptors (Lipinski definition) is 4. The van der Waals surface area contributed by atoms with Gasteiger partial charge in [-0.2, -0.15) is 0 Å². The fourth-order valence-electron chi connectivity index (χ4n) is 0.989. The van der Waals surface area contributed by atoms with Gasteiger partial charge in [-0.25, -0.2) is 0 Å². The molecule has 5 heteroatoms. The zero-order valence-corrected chi connectivity index (χ0v) is 7.32. The highest BCUT2D eigenvalue weighted by molar-refractivity contribution is 4.99. The van der Waals surface area contributed by atoms with E-state index in [0.717, 1.165) is 0 Å². The van der Waals surface area contributed by atoms with Crippen LogP contribution in [0.4, 0.5) is 0 Å². The summed E-state index contributed by atoms with van der Waals surface area (Å²) in [4.78, 5) is 0. The van der Waals surface area contributed by atoms with Gasteiger partial charge in [0.15, 0.2) is 5.82 Å². The fourth-order valence-corrected chi connectivity index (χ4v) is 0.989. The Bertz CT molecular complexity index is 247. The highest BCUT2D eigenvalue weighted by Gasteiger charge is 2.09. The van der Waals surface area contributed by atoms with Crippen LogP contribution >= 0.6 is 0 Å². The van der Waals surface area contributed by atoms with Crippen molar-refractivity contribution >= 4 is 0 Å². The van der Waals surface area contributed by atoms with E-state index in [-0.39, 0.29) is 6.61 Å². The largest absolute Gasteiger partial charge is 0.464 e. The lowest BCUT2D eigenvalue weighted by atomic mass is 10.6. The van der Waals surface area contributed by atoms with Crippen molar-refractivity contribution in [2.24, 2.45) is 0 Å². The molecule has 0 aromatic carbocycles. The van der Waals surface area contributed by atoms with Crippen molar-refractivity contribution in [2.75, 3.05) is 6.61 Å². The molecule has 1 heterocycles. The Balaban J connectivity index is 2.88. The standard InChI is InChI=1S/C7H13N3O2/c1-3-10-6(5-11)8-9-7(10)12-4-2/h11H,3-5H2,1-2H3. The maximum Gasteiger partial charge on any atom is 0.317 e. The molecule has 0 aliphatic heterocycles. The van der Waals surface area contributed by atoms with Crippen LogP contribution in [0.15, 0.2) is 0 Å². The normalized spacial score (nSPS) is 10.2. The van der Waals surface area contributed by atoms with Crippen molar-refractivity contribution < 1.29 is 9.84 Å². The lowest BCUT2D eigenvalue weighted by molar-refractivity contribution is 0.257. The first-order valence-corrected chi connectivity index (χ1v) is 3.99. The molecule has 0 aliphatic carbocycles. The van der Waals surface area contributed by atoms with Gasteiger partial charge in [0.1, 0.15) is 6.61 Å². The molecule has 1 aromatic rings. The summed E-state index contributed by atoms with van der Waals surface area (Å²) in [6, 6.07) is 0.476. The van der Waals surface area contributed by atoms with Gasteiger partial charge in [0.25, 0.3) is 0 Å². The fraction of sp³-hybridized carbons (Fsp3) is 0.714. The molecule has 0 saturated heterocycles. The van der Waals surface area contributed by atoms with Crippen LogP contribution in [-0.4, -0.2) is 26.5 Å². The Morgan fingerprint density at radius 1 is 1.42 bits per heavy atom. The van der Waals surface area contributed by atoms with Crippen LogP contribution in [-0.2, 0) is 13.2 Å². The third kappa shape index (κ3) is 1.55. The maximum absolute atomic E-state index is 8.85. The lowest BCUT2D eigenvalue weighted by Gasteiger charge is -2.04. The molecule has 1 aromatic heterocycles. The second-order valence-electron chi connectivity index (χ2n) is 2.23. The van der Waals surface area contributed by atoms with Gasteiger partial charge in [0.2, 0.25) is 0 Å². The number of aliphatic hydroxyl groups excluding tert-OH is 1. The molecule has 1 N–H and O–H groups in total. The van der Waals surface area contributed by atoms with E-state index in [1.165, 1.54) is 0 Å². The zero-order chi connectivity index (χ0) is 8.97. The van der Waals surface area contributed by atoms with Crippen molar-refractivity contribution in [1.29, 1.82) is 0 Å². The van der Waals surface area contributed by atoms with Crippen LogP contribution in [0, 0.1) is 0 Å². The highest BCUT2D eigenvalue weighted by Crippen LogP contribution is 2.09. The van der Waals surface area contributed by atoms with Crippen molar-refractivity contribution in [1.82, 2.24) is 14.8 Å². The SMILES string of the molecule is CCOc1nnc(CO)n1CC. The van der Waals surface area contributed by atoms with E-state index in [2.05, 4.69) is 10.2 Å². The van der Waals surface area contributed by atoms with E-state index in [1.807, 2.05) is 13.8 Å². The third-order valence-electron chi connectivity index (χ3n) is 1.52. The lowest BCUT2D eigenvalue weighted by Crippen LogP contribution is -2.05. The average Bonchev–Trinajstić information content (AvgIpc) is 2.47. The Labute approximate surface area is 71.0 Å². The van der Waals surface area contributed by atoms with E-state index in [0.29, 0.717) is 25.0 Å². The predicted octanol–water partition coefficient (Wildman–Crippen LogP) is 0.189. The van der Waals surface area contributed by atoms with E-state index >= 15 is 0 Å². The molecule has 0 fully saturated rings. The summed E-state index contributed by atoms with van der Waals surface area (Å²) >= 11 is 0. The Hall–Kier alpha value is -1.10. The first-order valence-electron chi connectivity index (χ1n) is 3.99. The van der Waals surface area contributed by atoms with Crippen LogP contribution in [0.5, 0.6) is 6.01 Å². The molecule has 0 spiro atoms. The molecular formula is C7H13N3O2. The van der Waals surface area contributed by atoms with Gasteiger partial charge in [-0.05, 0) is 13.8 Å². The van der Waals surface area contributed by atoms with E-state index in [9.17, 15) is 0 Å². The van der Waals surface area contributed by atoms with Gasteiger partial charge >= 0.3 is 6.01 Å². The minimum absolute atomic E-state index is 0.103. The molecule has 0 bridgehead atoms. The number of hydrogen-bond donors (Lipinski definition) is 1. The first-order chi connectivity index (χ1) is 5.83. The quantitative estimate of drug-likeness (QED) is 0.702. The molecule has 0 unspecified atom stereocenters. The molecule has 1 rings (SSSR count). The van der Waals surface area contributed by atoms with Crippen LogP contribution in [0.3, 0.4) is 0 Å². The van der Waals surface area contributed by atoms with Crippen molar-refractivity contribution in [3.8, 4) is 6.01 Å². The number of nitrogens with zero attached hydrogens (tertiary/aromatic N) is 3. The minimum Gasteiger partial charge on any atom is -0.464 e. The summed E-state index contributed by atoms with van der Waals surface area (Å²) < 4.78 is 6.93. The van der Waals surface area contributed by atoms with Crippen molar-refractivity contribution in [3.05, 3.63) is 5.82 Å². The highest BCUT2D eigenvalue weighted by atomic mass is 16.5. The molecule has 0 saturated carbocycles. The summed E-state index contributed by atoms with van der Waals surface area (Å²) in [7, 11) is 0. The van der Waals surface area contributed by atoms with Crippen molar-refractivity contribution in [3.63, 3.8) is 0 Å². The zero-order valence-electron chi connectivity index (χ0n) is 7.32. The second kappa shape index (κ2) is 4.06. The van der Waals surface area contributed by atoms with Gasteiger partial charge in [0, 0.05) is 6.54 Å². The first kappa shape index (κ1) is 8.99. The van der Waals surface area contributed by atoms with Gasteiger partial charge in [-0.1, -0.05) is 5.10 Å². The summed E-state index contributed by atoms with van der Waals surface area (Å²) in [6.07, 6.45) is 0. The van der Waals surface area contributed by atoms with E-state index in [4.69, 9.17) is 9.84 Å². The van der Waals surface area contributed by atoms with Gasteiger partial charge in [0.05, 0.1) is 6.61 Å². The molecule has 0 atom stereocenters. The van der Waals surface area contributed by atoms with E-state index < -0.39 is 0 Å². The van der Waals surface area contributed by atoms with Crippen LogP contribution in [0.2, 0.25) is 0 Å². The van der Waals surface area contributed by atoms with Gasteiger partial charge in [-0.3, -0.25) is 4.57 Å².